The van der Waals surface area contributed by atoms with Crippen LogP contribution >= 0.6 is 0 Å². The first-order valence-electron chi connectivity index (χ1n) is 10.6. The maximum atomic E-state index is 12.4. The van der Waals surface area contributed by atoms with Crippen LogP contribution in [0, 0.1) is 19.8 Å². The van der Waals surface area contributed by atoms with E-state index >= 15 is 0 Å². The summed E-state index contributed by atoms with van der Waals surface area (Å²) in [5.74, 6) is 1.48. The van der Waals surface area contributed by atoms with Crippen LogP contribution in [0.2, 0.25) is 0 Å². The van der Waals surface area contributed by atoms with E-state index in [0.29, 0.717) is 31.1 Å². The molecule has 0 aromatic heterocycles. The third-order valence-corrected chi connectivity index (χ3v) is 5.31. The number of rotatable bonds is 10. The second kappa shape index (κ2) is 10.4. The van der Waals surface area contributed by atoms with Gasteiger partial charge in [0, 0.05) is 23.8 Å². The summed E-state index contributed by atoms with van der Waals surface area (Å²) in [6, 6.07) is 11.8. The van der Waals surface area contributed by atoms with E-state index in [9.17, 15) is 9.59 Å². The maximum absolute atomic E-state index is 12.4. The van der Waals surface area contributed by atoms with Crippen molar-refractivity contribution in [3.63, 3.8) is 0 Å². The van der Waals surface area contributed by atoms with Gasteiger partial charge in [-0.3, -0.25) is 4.79 Å². The number of carbonyl (C=O) groups is 2. The molecule has 0 radical (unpaired) electrons. The smallest absolute Gasteiger partial charge is 0.311 e. The van der Waals surface area contributed by atoms with E-state index in [4.69, 9.17) is 9.47 Å². The molecule has 2 aromatic carbocycles. The zero-order valence-corrected chi connectivity index (χ0v) is 19.1. The Bertz CT molecular complexity index is 866. The Labute approximate surface area is 180 Å². The van der Waals surface area contributed by atoms with Gasteiger partial charge >= 0.3 is 5.97 Å². The molecule has 0 saturated heterocycles. The molecule has 0 heterocycles. The molecule has 0 N–H and O–H groups in total. The Morgan fingerprint density at radius 2 is 1.80 bits per heavy atom. The summed E-state index contributed by atoms with van der Waals surface area (Å²) in [7, 11) is 0. The van der Waals surface area contributed by atoms with Crippen LogP contribution < -0.4 is 9.47 Å². The molecule has 2 rings (SSSR count). The molecule has 0 amide bonds. The molecule has 0 aliphatic heterocycles. The molecule has 0 bridgehead atoms. The molecule has 4 nitrogen and oxygen atoms in total. The van der Waals surface area contributed by atoms with Crippen molar-refractivity contribution in [3.8, 4) is 11.5 Å². The van der Waals surface area contributed by atoms with Gasteiger partial charge in [0.15, 0.2) is 0 Å². The number of hydrogen-bond acceptors (Lipinski definition) is 4. The van der Waals surface area contributed by atoms with Crippen LogP contribution in [0.4, 0.5) is 0 Å². The summed E-state index contributed by atoms with van der Waals surface area (Å²) in [5.41, 5.74) is 3.25. The van der Waals surface area contributed by atoms with Crippen molar-refractivity contribution in [1.29, 1.82) is 0 Å². The SMILES string of the molecule is Cc1cc(OC(=O)CCC(C)C)c(C(C)(C)CC=O)c(C)c1OCc1ccccc1. The van der Waals surface area contributed by atoms with Crippen LogP contribution in [-0.2, 0) is 21.6 Å². The summed E-state index contributed by atoms with van der Waals surface area (Å²) in [4.78, 5) is 23.8. The first-order valence-corrected chi connectivity index (χ1v) is 10.6. The van der Waals surface area contributed by atoms with Gasteiger partial charge in [0.1, 0.15) is 24.4 Å². The van der Waals surface area contributed by atoms with E-state index in [2.05, 4.69) is 13.8 Å². The molecule has 0 atom stereocenters. The highest BCUT2D eigenvalue weighted by atomic mass is 16.5. The van der Waals surface area contributed by atoms with Crippen LogP contribution in [0.3, 0.4) is 0 Å². The van der Waals surface area contributed by atoms with Crippen molar-refractivity contribution in [2.75, 3.05) is 0 Å². The van der Waals surface area contributed by atoms with E-state index in [1.165, 1.54) is 0 Å². The van der Waals surface area contributed by atoms with E-state index in [1.54, 1.807) is 0 Å². The molecule has 0 spiro atoms. The number of esters is 1. The molecule has 4 heteroatoms. The highest BCUT2D eigenvalue weighted by Gasteiger charge is 2.30. The molecule has 30 heavy (non-hydrogen) atoms. The average Bonchev–Trinajstić information content (AvgIpc) is 2.66. The van der Waals surface area contributed by atoms with Gasteiger partial charge in [-0.15, -0.1) is 0 Å². The normalized spacial score (nSPS) is 11.4. The molecule has 0 unspecified atom stereocenters. The third-order valence-electron chi connectivity index (χ3n) is 5.31. The van der Waals surface area contributed by atoms with Crippen molar-refractivity contribution < 1.29 is 19.1 Å². The van der Waals surface area contributed by atoms with Crippen molar-refractivity contribution in [1.82, 2.24) is 0 Å². The largest absolute Gasteiger partial charge is 0.488 e. The molecular weight excluding hydrogens is 376 g/mol. The zero-order valence-electron chi connectivity index (χ0n) is 19.1. The fraction of sp³-hybridized carbons (Fsp3) is 0.462. The van der Waals surface area contributed by atoms with Crippen molar-refractivity contribution in [2.24, 2.45) is 5.92 Å². The molecule has 0 saturated carbocycles. The Balaban J connectivity index is 2.41. The minimum Gasteiger partial charge on any atom is -0.488 e. The van der Waals surface area contributed by atoms with Gasteiger partial charge in [-0.25, -0.2) is 0 Å². The molecule has 0 aliphatic carbocycles. The number of aldehydes is 1. The van der Waals surface area contributed by atoms with Gasteiger partial charge in [-0.1, -0.05) is 58.0 Å². The Hall–Kier alpha value is -2.62. The molecule has 0 aliphatic rings. The Morgan fingerprint density at radius 1 is 1.13 bits per heavy atom. The quantitative estimate of drug-likeness (QED) is 0.270. The lowest BCUT2D eigenvalue weighted by Crippen LogP contribution is -2.23. The van der Waals surface area contributed by atoms with Crippen molar-refractivity contribution in [2.45, 2.75) is 72.8 Å². The average molecular weight is 411 g/mol. The van der Waals surface area contributed by atoms with E-state index in [1.807, 2.05) is 64.1 Å². The zero-order chi connectivity index (χ0) is 22.3. The summed E-state index contributed by atoms with van der Waals surface area (Å²) in [6.07, 6.45) is 2.39. The summed E-state index contributed by atoms with van der Waals surface area (Å²) < 4.78 is 12.0. The van der Waals surface area contributed by atoms with Gasteiger partial charge in [-0.2, -0.15) is 0 Å². The first-order chi connectivity index (χ1) is 14.2. The van der Waals surface area contributed by atoms with E-state index in [-0.39, 0.29) is 5.97 Å². The molecule has 162 valence electrons. The topological polar surface area (TPSA) is 52.6 Å². The number of hydrogen-bond donors (Lipinski definition) is 0. The van der Waals surface area contributed by atoms with Gasteiger partial charge in [0.05, 0.1) is 0 Å². The minimum absolute atomic E-state index is 0.247. The molecule has 0 fully saturated rings. The fourth-order valence-corrected chi connectivity index (χ4v) is 3.69. The van der Waals surface area contributed by atoms with Crippen LogP contribution in [-0.4, -0.2) is 12.3 Å². The molecule has 2 aromatic rings. The Kier molecular flexibility index (Phi) is 8.22. The fourth-order valence-electron chi connectivity index (χ4n) is 3.69. The molecular formula is C26H34O4. The maximum Gasteiger partial charge on any atom is 0.311 e. The first kappa shape index (κ1) is 23.7. The minimum atomic E-state index is -0.488. The highest BCUT2D eigenvalue weighted by Crippen LogP contribution is 2.42. The van der Waals surface area contributed by atoms with Gasteiger partial charge in [0.25, 0.3) is 0 Å². The second-order valence-corrected chi connectivity index (χ2v) is 8.96. The standard InChI is InChI=1S/C26H34O4/c1-18(2)12-13-23(28)30-22-16-19(3)25(29-17-21-10-8-7-9-11-21)20(4)24(22)26(5,6)14-15-27/h7-11,15-16,18H,12-14,17H2,1-6H3. The van der Waals surface area contributed by atoms with Crippen molar-refractivity contribution in [3.05, 3.63) is 58.7 Å². The monoisotopic (exact) mass is 410 g/mol. The number of benzene rings is 2. The number of ether oxygens (including phenoxy) is 2. The summed E-state index contributed by atoms with van der Waals surface area (Å²) >= 11 is 0. The predicted molar refractivity (Wildman–Crippen MR) is 120 cm³/mol. The second-order valence-electron chi connectivity index (χ2n) is 8.96. The lowest BCUT2D eigenvalue weighted by molar-refractivity contribution is -0.134. The van der Waals surface area contributed by atoms with Gasteiger partial charge < -0.3 is 14.3 Å². The van der Waals surface area contributed by atoms with Gasteiger partial charge in [0.2, 0.25) is 0 Å². The van der Waals surface area contributed by atoms with Crippen LogP contribution in [0.15, 0.2) is 36.4 Å². The summed E-state index contributed by atoms with van der Waals surface area (Å²) in [6.45, 7) is 12.5. The summed E-state index contributed by atoms with van der Waals surface area (Å²) in [5, 5.41) is 0. The van der Waals surface area contributed by atoms with E-state index < -0.39 is 5.41 Å². The third kappa shape index (κ3) is 6.19. The lowest BCUT2D eigenvalue weighted by Gasteiger charge is -2.29. The van der Waals surface area contributed by atoms with Crippen molar-refractivity contribution >= 4 is 12.3 Å². The van der Waals surface area contributed by atoms with Crippen LogP contribution in [0.1, 0.15) is 69.2 Å². The van der Waals surface area contributed by atoms with Crippen LogP contribution in [0.25, 0.3) is 0 Å². The number of carbonyl (C=O) groups excluding carboxylic acids is 2. The predicted octanol–water partition coefficient (Wildman–Crippen LogP) is 6.09. The Morgan fingerprint density at radius 3 is 2.40 bits per heavy atom. The van der Waals surface area contributed by atoms with E-state index in [0.717, 1.165) is 40.7 Å². The number of aryl methyl sites for hydroxylation is 1. The highest BCUT2D eigenvalue weighted by molar-refractivity contribution is 5.74. The van der Waals surface area contributed by atoms with Crippen LogP contribution in [0.5, 0.6) is 11.5 Å². The van der Waals surface area contributed by atoms with Gasteiger partial charge in [-0.05, 0) is 48.9 Å². The lowest BCUT2D eigenvalue weighted by atomic mass is 9.78.